The molecule has 12 N–H and O–H groups in total. The summed E-state index contributed by atoms with van der Waals surface area (Å²) in [7, 11) is 1.35. The second-order valence-electron chi connectivity index (χ2n) is 20.5. The number of aromatic hydroxyl groups is 3. The molecule has 2 aromatic carbocycles. The number of pyridine rings is 2. The van der Waals surface area contributed by atoms with Crippen LogP contribution in [0, 0.1) is 31.5 Å². The lowest BCUT2D eigenvalue weighted by atomic mass is 9.84. The number of carboxylic acid groups (broad SMARTS) is 1. The Bertz CT molecular complexity index is 3210. The Morgan fingerprint density at radius 3 is 2.32 bits per heavy atom. The quantitative estimate of drug-likeness (QED) is 0.0673. The van der Waals surface area contributed by atoms with Crippen molar-refractivity contribution in [3.05, 3.63) is 98.0 Å². The van der Waals surface area contributed by atoms with E-state index in [9.17, 15) is 54.6 Å². The van der Waals surface area contributed by atoms with Crippen molar-refractivity contribution >= 4 is 51.3 Å². The van der Waals surface area contributed by atoms with Crippen LogP contribution in [0.5, 0.6) is 23.0 Å². The lowest BCUT2D eigenvalue weighted by Gasteiger charge is -2.37. The number of fused-ring (bicyclic) bond motifs is 15. The minimum absolute atomic E-state index is 0.0102. The van der Waals surface area contributed by atoms with E-state index in [1.807, 2.05) is 0 Å². The van der Waals surface area contributed by atoms with Crippen molar-refractivity contribution in [3.63, 3.8) is 0 Å². The van der Waals surface area contributed by atoms with Crippen molar-refractivity contribution in [2.24, 2.45) is 23.3 Å². The van der Waals surface area contributed by atoms with Crippen LogP contribution in [0.2, 0.25) is 0 Å². The number of halogens is 1. The van der Waals surface area contributed by atoms with Crippen molar-refractivity contribution in [1.29, 1.82) is 0 Å². The van der Waals surface area contributed by atoms with E-state index in [1.54, 1.807) is 25.7 Å². The van der Waals surface area contributed by atoms with Crippen LogP contribution in [-0.4, -0.2) is 127 Å². The van der Waals surface area contributed by atoms with Crippen LogP contribution in [0.4, 0.5) is 15.8 Å². The van der Waals surface area contributed by atoms with Gasteiger partial charge >= 0.3 is 17.7 Å². The largest absolute Gasteiger partial charge is 0.507 e. The molecule has 21 nitrogen and oxygen atoms in total. The Balaban J connectivity index is 1.19. The molecule has 76 heavy (non-hydrogen) atoms. The summed E-state index contributed by atoms with van der Waals surface area (Å²) in [4.78, 5) is 68.2. The van der Waals surface area contributed by atoms with Crippen LogP contribution in [0.1, 0.15) is 103 Å². The molecule has 4 aliphatic heterocycles. The topological polar surface area (TPSA) is 327 Å². The highest BCUT2D eigenvalue weighted by atomic mass is 19.1. The number of carbonyl (C=O) groups excluding carboxylic acids is 3. The van der Waals surface area contributed by atoms with Gasteiger partial charge in [0, 0.05) is 80.6 Å². The fourth-order valence-corrected chi connectivity index (χ4v) is 10.7. The average molecular weight is 1060 g/mol. The van der Waals surface area contributed by atoms with Gasteiger partial charge in [-0.15, -0.1) is 0 Å². The summed E-state index contributed by atoms with van der Waals surface area (Å²) >= 11 is 0. The molecule has 9 rings (SSSR count). The van der Waals surface area contributed by atoms with Gasteiger partial charge in [-0.3, -0.25) is 23.6 Å². The predicted molar refractivity (Wildman–Crippen MR) is 276 cm³/mol. The number of carboxylic acids is 1. The number of phenolic OH excluding ortho intramolecular Hbond substituents is 3. The molecule has 0 radical (unpaired) electrons. The summed E-state index contributed by atoms with van der Waals surface area (Å²) in [6.45, 7) is 10.5. The highest BCUT2D eigenvalue weighted by Crippen LogP contribution is 2.55. The van der Waals surface area contributed by atoms with Crippen molar-refractivity contribution < 1.29 is 73.2 Å². The number of aromatic carboxylic acids is 1. The maximum absolute atomic E-state index is 16.2. The molecule has 0 unspecified atom stereocenters. The number of aromatic nitrogens is 1. The minimum Gasteiger partial charge on any atom is -0.507 e. The number of benzene rings is 2. The number of allylic oxidation sites excluding steroid dienone is 2. The highest BCUT2D eigenvalue weighted by Gasteiger charge is 2.50. The Labute approximate surface area is 436 Å². The number of aliphatic hydroxyl groups excluding tert-OH is 2. The number of ketones is 1. The maximum atomic E-state index is 16.2. The number of esters is 1. The third kappa shape index (κ3) is 9.84. The molecule has 4 aromatic rings. The summed E-state index contributed by atoms with van der Waals surface area (Å²) in [6.07, 6.45) is 4.63. The number of carbonyl (C=O) groups is 4. The van der Waals surface area contributed by atoms with Crippen molar-refractivity contribution in [3.8, 4) is 23.0 Å². The van der Waals surface area contributed by atoms with Gasteiger partial charge in [-0.25, -0.2) is 9.18 Å². The first-order valence-electron chi connectivity index (χ1n) is 25.0. The van der Waals surface area contributed by atoms with Crippen molar-refractivity contribution in [2.75, 3.05) is 30.4 Å². The molecular formula is C54H65FN6O15. The third-order valence-corrected chi connectivity index (χ3v) is 15.3. The zero-order valence-corrected chi connectivity index (χ0v) is 43.3. The Morgan fingerprint density at radius 2 is 1.67 bits per heavy atom. The summed E-state index contributed by atoms with van der Waals surface area (Å²) in [5.41, 5.74) is 12.7. The molecule has 0 spiro atoms. The highest BCUT2D eigenvalue weighted by molar-refractivity contribution is 6.22. The first-order valence-corrected chi connectivity index (χ1v) is 25.0. The second-order valence-corrected chi connectivity index (χ2v) is 20.5. The van der Waals surface area contributed by atoms with E-state index >= 15 is 4.39 Å². The number of aryl methyl sites for hydroxylation is 1. The fraction of sp³-hybridized carbons (Fsp3) is 0.463. The van der Waals surface area contributed by atoms with Crippen LogP contribution in [0.15, 0.2) is 53.2 Å². The molecule has 5 bridgehead atoms. The molecule has 2 aromatic heterocycles. The van der Waals surface area contributed by atoms with E-state index in [4.69, 9.17) is 30.4 Å². The number of hydrogen-bond donors (Lipinski definition) is 10. The molecule has 2 fully saturated rings. The summed E-state index contributed by atoms with van der Waals surface area (Å²) < 4.78 is 40.8. The van der Waals surface area contributed by atoms with Crippen molar-refractivity contribution in [1.82, 2.24) is 9.72 Å². The fourth-order valence-electron chi connectivity index (χ4n) is 10.7. The van der Waals surface area contributed by atoms with E-state index < -0.39 is 123 Å². The Morgan fingerprint density at radius 1 is 0.974 bits per heavy atom. The maximum Gasteiger partial charge on any atom is 0.341 e. The summed E-state index contributed by atoms with van der Waals surface area (Å²) in [5.74, 6) is -10.3. The number of hydrogen-bond acceptors (Lipinski definition) is 18. The molecule has 10 atom stereocenters. The average Bonchev–Trinajstić information content (AvgIpc) is 4.14. The van der Waals surface area contributed by atoms with E-state index in [-0.39, 0.29) is 63.8 Å². The number of anilines is 2. The van der Waals surface area contributed by atoms with Crippen molar-refractivity contribution in [2.45, 2.75) is 129 Å². The second kappa shape index (κ2) is 21.2. The molecule has 1 aliphatic carbocycles. The van der Waals surface area contributed by atoms with E-state index in [2.05, 4.69) is 10.6 Å². The van der Waals surface area contributed by atoms with Gasteiger partial charge in [0.2, 0.25) is 0 Å². The monoisotopic (exact) mass is 1060 g/mol. The van der Waals surface area contributed by atoms with Gasteiger partial charge in [-0.1, -0.05) is 32.1 Å². The molecular weight excluding hydrogens is 992 g/mol. The molecule has 1 saturated carbocycles. The normalized spacial score (nSPS) is 28.6. The Hall–Kier alpha value is -7.08. The zero-order chi connectivity index (χ0) is 55.6. The molecule has 6 heterocycles. The van der Waals surface area contributed by atoms with Crippen LogP contribution < -0.4 is 37.3 Å². The summed E-state index contributed by atoms with van der Waals surface area (Å²) in [6, 6.07) is -1.78. The third-order valence-electron chi connectivity index (χ3n) is 15.3. The predicted octanol–water partition coefficient (Wildman–Crippen LogP) is 4.14. The van der Waals surface area contributed by atoms with Crippen LogP contribution in [0.3, 0.4) is 0 Å². The number of amides is 1. The lowest BCUT2D eigenvalue weighted by molar-refractivity contribution is -0.155. The smallest absolute Gasteiger partial charge is 0.341 e. The first-order chi connectivity index (χ1) is 35.8. The van der Waals surface area contributed by atoms with E-state index in [0.29, 0.717) is 29.6 Å². The standard InChI is InChI=1S/C54H65FN6O15/c1-22-10-9-11-23(2)51(69)59-40-32(19-58-29-14-16-60(20-29)42-25(4)41-30(28-12-13-28)18-31(53(71)72)52(70)61(41)21-33(42)55)45(65)35-36(46(40)66)44(64)26(5)48-37(35)50(68)54(7,76-48)74-17-15-34(73-8)24(3)49(75-27(6)62)39(57)47(67)38(56)43(22)63/h9-11,15,17-18,21-22,24,28-29,34,38-39,43,47,49,58,63-67H,12-14,16,19-20,56-57H2,1-8H3,(H,59,69)(H,71,72)/b10-9+,17-15?,23-11-/t22-,24+,29-,34-,38+,39+,43-,47+,49+,54-/m0/s1. The number of Topliss-reactive ketones (excluding diaryl/α,β-unsaturated/α-hetero) is 1. The number of nitrogens with zero attached hydrogens (tertiary/aromatic N) is 2. The number of nitrogens with one attached hydrogen (secondary N) is 2. The van der Waals surface area contributed by atoms with Crippen LogP contribution in [0.25, 0.3) is 16.3 Å². The molecule has 1 amide bonds. The zero-order valence-electron chi connectivity index (χ0n) is 43.3. The van der Waals surface area contributed by atoms with Crippen LogP contribution in [-0.2, 0) is 30.3 Å². The number of nitrogens with two attached hydrogens (primary N) is 2. The molecule has 408 valence electrons. The van der Waals surface area contributed by atoms with Gasteiger partial charge in [-0.2, -0.15) is 0 Å². The minimum atomic E-state index is -2.17. The van der Waals surface area contributed by atoms with Gasteiger partial charge < -0.3 is 76.6 Å². The van der Waals surface area contributed by atoms with E-state index in [1.165, 1.54) is 58.3 Å². The first kappa shape index (κ1) is 55.2. The van der Waals surface area contributed by atoms with Gasteiger partial charge in [0.05, 0.1) is 70.7 Å². The van der Waals surface area contributed by atoms with Gasteiger partial charge in [0.15, 0.2) is 11.6 Å². The molecule has 5 aliphatic rings. The molecule has 22 heteroatoms. The summed E-state index contributed by atoms with van der Waals surface area (Å²) in [5, 5.41) is 74.2. The molecule has 1 saturated heterocycles. The number of rotatable bonds is 8. The number of phenols is 3. The van der Waals surface area contributed by atoms with Gasteiger partial charge in [0.1, 0.15) is 28.9 Å². The van der Waals surface area contributed by atoms with Crippen LogP contribution >= 0.6 is 0 Å². The van der Waals surface area contributed by atoms with E-state index in [0.717, 1.165) is 36.6 Å². The number of aliphatic hydroxyl groups is 2. The SMILES string of the molecule is CO[C@H]1C=CO[C@@]2(C)Oc3c(C)c(O)c4c(O)c(c(CN[C@H]5CCN(c6c(F)cn7c(=O)c(C(=O)O)cc(C8CC8)c7c6C)C5)c(O)c4c3C2=O)NC(=O)/C(C)=C\C=C\[C@H](C)[C@H](O)[C@@H](N)[C@@H](O)[C@@H](N)[C@H](OC(C)=O)[C@@H]1C. The Kier molecular flexibility index (Phi) is 15.4. The number of methoxy groups -OCH3 is 1. The van der Waals surface area contributed by atoms with Gasteiger partial charge in [-0.05, 0) is 69.2 Å². The lowest BCUT2D eigenvalue weighted by Crippen LogP contribution is -2.60. The number of ether oxygens (including phenoxy) is 4. The van der Waals surface area contributed by atoms with Gasteiger partial charge in [0.25, 0.3) is 17.2 Å².